The second-order valence-electron chi connectivity index (χ2n) is 4.92. The summed E-state index contributed by atoms with van der Waals surface area (Å²) in [6.45, 7) is 0. The molecular formula is C14H13N7O3S. The second-order valence-corrected chi connectivity index (χ2v) is 5.76. The fourth-order valence-corrected chi connectivity index (χ4v) is 2.52. The van der Waals surface area contributed by atoms with E-state index < -0.39 is 17.5 Å². The van der Waals surface area contributed by atoms with Gasteiger partial charge in [-0.05, 0) is 18.4 Å². The molecule has 2 amide bonds. The van der Waals surface area contributed by atoms with Crippen LogP contribution in [0.15, 0.2) is 41.5 Å². The van der Waals surface area contributed by atoms with Crippen LogP contribution in [0.25, 0.3) is 5.65 Å². The monoisotopic (exact) mass is 359 g/mol. The lowest BCUT2D eigenvalue weighted by molar-refractivity contribution is 0.0613. The molecule has 0 aliphatic rings. The third kappa shape index (κ3) is 3.02. The Morgan fingerprint density at radius 3 is 2.64 bits per heavy atom. The van der Waals surface area contributed by atoms with E-state index in [9.17, 15) is 14.4 Å². The van der Waals surface area contributed by atoms with Crippen LogP contribution in [0.4, 0.5) is 0 Å². The van der Waals surface area contributed by atoms with E-state index in [0.717, 1.165) is 15.4 Å². The molecule has 0 unspecified atom stereocenters. The van der Waals surface area contributed by atoms with Crippen LogP contribution in [-0.4, -0.2) is 47.5 Å². The summed E-state index contributed by atoms with van der Waals surface area (Å²) >= 11 is 1.38. The van der Waals surface area contributed by atoms with E-state index in [2.05, 4.69) is 15.3 Å². The van der Waals surface area contributed by atoms with E-state index in [1.165, 1.54) is 23.9 Å². The number of amides is 2. The highest BCUT2D eigenvalue weighted by Gasteiger charge is 2.26. The maximum absolute atomic E-state index is 12.5. The van der Waals surface area contributed by atoms with Gasteiger partial charge in [-0.25, -0.2) is 25.0 Å². The van der Waals surface area contributed by atoms with Gasteiger partial charge in [-0.15, -0.1) is 16.9 Å². The molecule has 0 fully saturated rings. The number of aromatic nitrogens is 5. The lowest BCUT2D eigenvalue weighted by Gasteiger charge is -2.13. The van der Waals surface area contributed by atoms with Crippen LogP contribution < -0.4 is 11.5 Å². The minimum absolute atomic E-state index is 0.0661. The van der Waals surface area contributed by atoms with Crippen molar-refractivity contribution in [2.24, 2.45) is 5.84 Å². The average molecular weight is 359 g/mol. The molecule has 1 aromatic carbocycles. The molecule has 3 aromatic rings. The zero-order valence-corrected chi connectivity index (χ0v) is 13.9. The predicted octanol–water partition coefficient (Wildman–Crippen LogP) is -0.237. The van der Waals surface area contributed by atoms with Gasteiger partial charge in [0.25, 0.3) is 11.8 Å². The van der Waals surface area contributed by atoms with Crippen molar-refractivity contribution in [3.05, 3.63) is 58.4 Å². The molecule has 0 bridgehead atoms. The minimum atomic E-state index is -0.882. The number of benzene rings is 1. The van der Waals surface area contributed by atoms with E-state index in [0.29, 0.717) is 10.9 Å². The fraction of sp³-hybridized carbons (Fsp3) is 0.143. The molecule has 2 N–H and O–H groups in total. The van der Waals surface area contributed by atoms with Gasteiger partial charge in [0.2, 0.25) is 0 Å². The molecule has 0 saturated carbocycles. The second kappa shape index (κ2) is 6.83. The Labute approximate surface area is 145 Å². The first-order valence-corrected chi connectivity index (χ1v) is 8.42. The van der Waals surface area contributed by atoms with Gasteiger partial charge in [0.15, 0.2) is 11.3 Å². The first kappa shape index (κ1) is 16.8. The number of imide groups is 1. The van der Waals surface area contributed by atoms with Crippen molar-refractivity contribution in [3.8, 4) is 0 Å². The molecule has 2 aromatic heterocycles. The molecule has 25 heavy (non-hydrogen) atoms. The van der Waals surface area contributed by atoms with Crippen molar-refractivity contribution in [3.63, 3.8) is 0 Å². The van der Waals surface area contributed by atoms with Crippen LogP contribution in [0.5, 0.6) is 0 Å². The molecule has 0 spiro atoms. The highest BCUT2D eigenvalue weighted by molar-refractivity contribution is 7.97. The molecule has 128 valence electrons. The van der Waals surface area contributed by atoms with E-state index in [4.69, 9.17) is 5.84 Å². The molecule has 0 atom stereocenters. The lowest BCUT2D eigenvalue weighted by atomic mass is 10.2. The average Bonchev–Trinajstić information content (AvgIpc) is 3.08. The SMILES string of the molecule is CSCn1nnc2c(C(=O)N(N)C(=O)c3ccccc3)ncn2c1=O. The van der Waals surface area contributed by atoms with Gasteiger partial charge in [0.05, 0.1) is 5.88 Å². The number of nitrogens with two attached hydrogens (primary N) is 1. The molecule has 3 rings (SSSR count). The van der Waals surface area contributed by atoms with Gasteiger partial charge in [0, 0.05) is 5.56 Å². The highest BCUT2D eigenvalue weighted by Crippen LogP contribution is 2.09. The van der Waals surface area contributed by atoms with Crippen LogP contribution in [0.2, 0.25) is 0 Å². The van der Waals surface area contributed by atoms with Gasteiger partial charge in [-0.1, -0.05) is 23.4 Å². The summed E-state index contributed by atoms with van der Waals surface area (Å²) in [6, 6.07) is 8.09. The van der Waals surface area contributed by atoms with Gasteiger partial charge >= 0.3 is 5.69 Å². The van der Waals surface area contributed by atoms with Crippen molar-refractivity contribution in [2.75, 3.05) is 6.26 Å². The Morgan fingerprint density at radius 2 is 1.96 bits per heavy atom. The van der Waals surface area contributed by atoms with Gasteiger partial charge in [-0.2, -0.15) is 4.68 Å². The van der Waals surface area contributed by atoms with Gasteiger partial charge in [0.1, 0.15) is 6.33 Å². The molecule has 0 radical (unpaired) electrons. The van der Waals surface area contributed by atoms with Crippen LogP contribution in [0.3, 0.4) is 0 Å². The highest BCUT2D eigenvalue weighted by atomic mass is 32.2. The summed E-state index contributed by atoms with van der Waals surface area (Å²) in [6.07, 6.45) is 2.96. The van der Waals surface area contributed by atoms with Crippen LogP contribution in [0, 0.1) is 0 Å². The number of thioether (sulfide) groups is 1. The molecule has 0 aliphatic carbocycles. The number of fused-ring (bicyclic) bond motifs is 1. The molecule has 10 nitrogen and oxygen atoms in total. The fourth-order valence-electron chi connectivity index (χ4n) is 2.12. The van der Waals surface area contributed by atoms with E-state index >= 15 is 0 Å². The Bertz CT molecular complexity index is 999. The van der Waals surface area contributed by atoms with Crippen LogP contribution in [-0.2, 0) is 5.88 Å². The maximum Gasteiger partial charge on any atom is 0.353 e. The summed E-state index contributed by atoms with van der Waals surface area (Å²) in [7, 11) is 0. The number of hydrogen-bond donors (Lipinski definition) is 1. The van der Waals surface area contributed by atoms with Crippen LogP contribution in [0.1, 0.15) is 20.8 Å². The first-order valence-electron chi connectivity index (χ1n) is 7.03. The minimum Gasteiger partial charge on any atom is -0.267 e. The third-order valence-corrected chi connectivity index (χ3v) is 3.83. The molecule has 2 heterocycles. The Morgan fingerprint density at radius 1 is 1.24 bits per heavy atom. The number of carbonyl (C=O) groups is 2. The van der Waals surface area contributed by atoms with E-state index in [-0.39, 0.29) is 16.9 Å². The van der Waals surface area contributed by atoms with Gasteiger partial charge < -0.3 is 0 Å². The number of hydrogen-bond acceptors (Lipinski definition) is 8. The number of rotatable bonds is 4. The molecular weight excluding hydrogens is 346 g/mol. The van der Waals surface area contributed by atoms with Crippen molar-refractivity contribution in [2.45, 2.75) is 5.88 Å². The van der Waals surface area contributed by atoms with Crippen molar-refractivity contribution >= 4 is 29.2 Å². The van der Waals surface area contributed by atoms with E-state index in [1.54, 1.807) is 18.2 Å². The number of imidazole rings is 1. The Balaban J connectivity index is 1.96. The third-order valence-electron chi connectivity index (χ3n) is 3.33. The molecule has 0 aliphatic heterocycles. The number of carbonyl (C=O) groups excluding carboxylic acids is 2. The summed E-state index contributed by atoms with van der Waals surface area (Å²) in [4.78, 5) is 40.8. The van der Waals surface area contributed by atoms with Crippen molar-refractivity contribution in [1.82, 2.24) is 29.4 Å². The Hall–Kier alpha value is -3.05. The summed E-state index contributed by atoms with van der Waals surface area (Å²) in [5, 5.41) is 8.03. The first-order chi connectivity index (χ1) is 12.0. The standard InChI is InChI=1S/C14H13N7O3S/c1-25-8-20-14(24)19-7-16-10(11(19)17-18-20)13(23)21(15)12(22)9-5-3-2-4-6-9/h2-7H,8,15H2,1H3. The summed E-state index contributed by atoms with van der Waals surface area (Å²) in [5.74, 6) is 4.36. The molecule has 0 saturated heterocycles. The zero-order chi connectivity index (χ0) is 18.0. The van der Waals surface area contributed by atoms with Crippen molar-refractivity contribution in [1.29, 1.82) is 0 Å². The number of hydrazine groups is 1. The van der Waals surface area contributed by atoms with Crippen molar-refractivity contribution < 1.29 is 9.59 Å². The van der Waals surface area contributed by atoms with Crippen LogP contribution >= 0.6 is 11.8 Å². The summed E-state index contributed by atoms with van der Waals surface area (Å²) in [5.41, 5.74) is -0.546. The Kier molecular flexibility index (Phi) is 4.59. The quantitative estimate of drug-likeness (QED) is 0.293. The smallest absolute Gasteiger partial charge is 0.267 e. The zero-order valence-electron chi connectivity index (χ0n) is 13.1. The predicted molar refractivity (Wildman–Crippen MR) is 89.7 cm³/mol. The normalized spacial score (nSPS) is 10.8. The van der Waals surface area contributed by atoms with Gasteiger partial charge in [-0.3, -0.25) is 9.59 Å². The lowest BCUT2D eigenvalue weighted by Crippen LogP contribution is -2.43. The largest absolute Gasteiger partial charge is 0.353 e. The summed E-state index contributed by atoms with van der Waals surface area (Å²) < 4.78 is 2.21. The maximum atomic E-state index is 12.5. The van der Waals surface area contributed by atoms with E-state index in [1.807, 2.05) is 6.26 Å². The molecule has 11 heteroatoms. The number of nitrogens with zero attached hydrogens (tertiary/aromatic N) is 6. The topological polar surface area (TPSA) is 128 Å².